The van der Waals surface area contributed by atoms with Gasteiger partial charge in [0.15, 0.2) is 5.66 Å². The molecule has 0 saturated carbocycles. The molecule has 0 aliphatic carbocycles. The van der Waals surface area contributed by atoms with Gasteiger partial charge in [-0.3, -0.25) is 0 Å². The molecule has 0 fully saturated rings. The van der Waals surface area contributed by atoms with E-state index in [1.165, 1.54) is 0 Å². The van der Waals surface area contributed by atoms with Crippen LogP contribution in [0.2, 0.25) is 10.0 Å². The first-order valence-corrected chi connectivity index (χ1v) is 21.0. The summed E-state index contributed by atoms with van der Waals surface area (Å²) >= 11 is 14.3. The molecule has 3 atom stereocenters. The first-order chi connectivity index (χ1) is 28.3. The molecular weight excluding hydrogens is 799 g/mol. The number of aliphatic hydroxyl groups is 1. The van der Waals surface area contributed by atoms with Crippen LogP contribution < -0.4 is 15.2 Å². The second-order valence-electron chi connectivity index (χ2n) is 14.7. The highest BCUT2D eigenvalue weighted by molar-refractivity contribution is 6.31. The SMILES string of the molecule is CCCCCOc1ccc(-c2cccn2C(c2ccccc2Cl)N2C=CC=C(O)C2(N)C(c2ccccc2Cl)n2cccc2-c2ccc(OCCCCC)cc2)cc1.Cl. The number of aliphatic hydroxyl groups excluding tert-OH is 1. The molecular formula is C49H53Cl3N4O3. The Bertz CT molecular complexity index is 2320. The Morgan fingerprint density at radius 1 is 0.627 bits per heavy atom. The molecule has 10 heteroatoms. The number of allylic oxidation sites excluding steroid dienone is 2. The molecule has 308 valence electrons. The predicted octanol–water partition coefficient (Wildman–Crippen LogP) is 13.3. The van der Waals surface area contributed by atoms with Crippen molar-refractivity contribution < 1.29 is 14.6 Å². The Kier molecular flexibility index (Phi) is 15.0. The topological polar surface area (TPSA) is 77.8 Å². The monoisotopic (exact) mass is 850 g/mol. The van der Waals surface area contributed by atoms with Gasteiger partial charge in [-0.2, -0.15) is 0 Å². The number of ether oxygens (including phenoxy) is 2. The quantitative estimate of drug-likeness (QED) is 0.0842. The molecule has 6 aromatic rings. The zero-order valence-electron chi connectivity index (χ0n) is 33.6. The van der Waals surface area contributed by atoms with Crippen LogP contribution in [0.5, 0.6) is 11.5 Å². The fourth-order valence-electron chi connectivity index (χ4n) is 7.84. The molecule has 4 aromatic carbocycles. The van der Waals surface area contributed by atoms with E-state index in [1.54, 1.807) is 6.08 Å². The molecule has 0 radical (unpaired) electrons. The number of nitrogens with two attached hydrogens (primary N) is 1. The fourth-order valence-corrected chi connectivity index (χ4v) is 8.31. The third-order valence-electron chi connectivity index (χ3n) is 10.8. The van der Waals surface area contributed by atoms with Gasteiger partial charge in [-0.05, 0) is 127 Å². The lowest BCUT2D eigenvalue weighted by Crippen LogP contribution is -2.63. The van der Waals surface area contributed by atoms with Crippen molar-refractivity contribution in [2.45, 2.75) is 70.2 Å². The van der Waals surface area contributed by atoms with Crippen LogP contribution in [0.15, 0.2) is 158 Å². The van der Waals surface area contributed by atoms with Gasteiger partial charge in [0.05, 0.1) is 18.9 Å². The minimum atomic E-state index is -1.61. The summed E-state index contributed by atoms with van der Waals surface area (Å²) in [6.45, 7) is 5.73. The summed E-state index contributed by atoms with van der Waals surface area (Å²) in [6, 6.07) is 39.1. The zero-order chi connectivity index (χ0) is 40.5. The summed E-state index contributed by atoms with van der Waals surface area (Å²) in [5.74, 6) is 1.61. The Morgan fingerprint density at radius 2 is 1.12 bits per heavy atom. The summed E-state index contributed by atoms with van der Waals surface area (Å²) < 4.78 is 16.4. The molecule has 0 saturated heterocycles. The van der Waals surface area contributed by atoms with E-state index in [2.05, 4.69) is 59.4 Å². The first kappa shape index (κ1) is 43.5. The highest BCUT2D eigenvalue weighted by Crippen LogP contribution is 2.47. The number of unbranched alkanes of at least 4 members (excludes halogenated alkanes) is 4. The van der Waals surface area contributed by atoms with Gasteiger partial charge in [0, 0.05) is 39.9 Å². The maximum absolute atomic E-state index is 12.3. The Labute approximate surface area is 364 Å². The van der Waals surface area contributed by atoms with Gasteiger partial charge in [-0.25, -0.2) is 0 Å². The third kappa shape index (κ3) is 9.40. The van der Waals surface area contributed by atoms with E-state index in [0.717, 1.165) is 83.7 Å². The number of hydrogen-bond acceptors (Lipinski definition) is 5. The lowest BCUT2D eigenvalue weighted by molar-refractivity contribution is 0.0417. The number of rotatable bonds is 18. The van der Waals surface area contributed by atoms with Crippen LogP contribution in [0.25, 0.3) is 22.5 Å². The molecule has 0 spiro atoms. The number of benzene rings is 4. The second kappa shape index (κ2) is 20.3. The first-order valence-electron chi connectivity index (χ1n) is 20.3. The molecule has 3 heterocycles. The van der Waals surface area contributed by atoms with E-state index in [-0.39, 0.29) is 18.2 Å². The predicted molar refractivity (Wildman–Crippen MR) is 245 cm³/mol. The molecule has 0 bridgehead atoms. The van der Waals surface area contributed by atoms with E-state index in [9.17, 15) is 5.11 Å². The Balaban J connectivity index is 0.00000585. The van der Waals surface area contributed by atoms with Gasteiger partial charge in [0.2, 0.25) is 0 Å². The van der Waals surface area contributed by atoms with E-state index >= 15 is 0 Å². The van der Waals surface area contributed by atoms with Gasteiger partial charge in [-0.1, -0.05) is 99.1 Å². The van der Waals surface area contributed by atoms with Crippen LogP contribution >= 0.6 is 35.6 Å². The van der Waals surface area contributed by atoms with Crippen molar-refractivity contribution in [3.05, 3.63) is 179 Å². The van der Waals surface area contributed by atoms with E-state index < -0.39 is 17.9 Å². The van der Waals surface area contributed by atoms with Gasteiger partial charge in [0.25, 0.3) is 0 Å². The lowest BCUT2D eigenvalue weighted by atomic mass is 9.86. The van der Waals surface area contributed by atoms with Crippen molar-refractivity contribution in [1.29, 1.82) is 0 Å². The summed E-state index contributed by atoms with van der Waals surface area (Å²) in [4.78, 5) is 2.00. The Morgan fingerprint density at radius 3 is 1.64 bits per heavy atom. The largest absolute Gasteiger partial charge is 0.508 e. The number of nitrogens with zero attached hydrogens (tertiary/aromatic N) is 3. The summed E-state index contributed by atoms with van der Waals surface area (Å²) in [7, 11) is 0. The summed E-state index contributed by atoms with van der Waals surface area (Å²) in [6.07, 6.45) is 15.4. The van der Waals surface area contributed by atoms with Crippen LogP contribution in [0.3, 0.4) is 0 Å². The van der Waals surface area contributed by atoms with Crippen molar-refractivity contribution in [1.82, 2.24) is 14.0 Å². The third-order valence-corrected chi connectivity index (χ3v) is 11.5. The second-order valence-corrected chi connectivity index (χ2v) is 15.5. The van der Waals surface area contributed by atoms with Crippen LogP contribution in [-0.4, -0.2) is 38.0 Å². The molecule has 1 aliphatic rings. The van der Waals surface area contributed by atoms with E-state index in [0.29, 0.717) is 23.3 Å². The van der Waals surface area contributed by atoms with Crippen molar-refractivity contribution >= 4 is 35.6 Å². The van der Waals surface area contributed by atoms with Gasteiger partial charge in [0.1, 0.15) is 29.5 Å². The highest BCUT2D eigenvalue weighted by Gasteiger charge is 2.51. The van der Waals surface area contributed by atoms with Gasteiger partial charge in [-0.15, -0.1) is 12.4 Å². The summed E-state index contributed by atoms with van der Waals surface area (Å²) in [5.41, 5.74) is 11.6. The Hall–Kier alpha value is -5.05. The maximum Gasteiger partial charge on any atom is 0.174 e. The van der Waals surface area contributed by atoms with Crippen molar-refractivity contribution in [3.63, 3.8) is 0 Å². The zero-order valence-corrected chi connectivity index (χ0v) is 35.9. The normalized spacial score (nSPS) is 15.9. The van der Waals surface area contributed by atoms with Gasteiger partial charge >= 0.3 is 0 Å². The highest BCUT2D eigenvalue weighted by atomic mass is 35.5. The van der Waals surface area contributed by atoms with Crippen molar-refractivity contribution in [3.8, 4) is 34.0 Å². The van der Waals surface area contributed by atoms with E-state index in [4.69, 9.17) is 38.4 Å². The van der Waals surface area contributed by atoms with Crippen molar-refractivity contribution in [2.75, 3.05) is 13.2 Å². The van der Waals surface area contributed by atoms with Gasteiger partial charge < -0.3 is 34.3 Å². The minimum Gasteiger partial charge on any atom is -0.508 e. The average Bonchev–Trinajstić information content (AvgIpc) is 3.93. The molecule has 59 heavy (non-hydrogen) atoms. The molecule has 0 amide bonds. The molecule has 3 unspecified atom stereocenters. The minimum absolute atomic E-state index is 0. The standard InChI is InChI=1S/C49H52Cl2N4O3.ClH/c1-3-5-11-34-57-38-27-23-36(24-28-38)44-20-13-31-53(44)47(40-16-7-9-18-42(40)50)49(52)46(56)22-15-33-55(49)48(41-17-8-10-19-43(41)51)54-32-14-21-45(54)37-25-29-39(30-26-37)58-35-12-6-4-2;/h7-10,13-33,47-48,56H,3-6,11-12,34-35,52H2,1-2H3;1H. The number of halogens is 3. The lowest BCUT2D eigenvalue weighted by Gasteiger charge is -2.51. The smallest absolute Gasteiger partial charge is 0.174 e. The van der Waals surface area contributed by atoms with Crippen molar-refractivity contribution in [2.24, 2.45) is 5.73 Å². The number of hydrogen-bond donors (Lipinski definition) is 2. The van der Waals surface area contributed by atoms with Crippen LogP contribution in [-0.2, 0) is 0 Å². The molecule has 3 N–H and O–H groups in total. The molecule has 1 aliphatic heterocycles. The summed E-state index contributed by atoms with van der Waals surface area (Å²) in [5, 5.41) is 13.4. The molecule has 2 aromatic heterocycles. The maximum atomic E-state index is 12.3. The molecule has 7 nitrogen and oxygen atoms in total. The average molecular weight is 852 g/mol. The van der Waals surface area contributed by atoms with E-state index in [1.807, 2.05) is 114 Å². The van der Waals surface area contributed by atoms with Crippen LogP contribution in [0.4, 0.5) is 0 Å². The molecule has 7 rings (SSSR count). The number of aromatic nitrogens is 2. The van der Waals surface area contributed by atoms with Crippen LogP contribution in [0, 0.1) is 0 Å². The fraction of sp³-hybridized carbons (Fsp3) is 0.265. The van der Waals surface area contributed by atoms with Crippen LogP contribution in [0.1, 0.15) is 75.7 Å².